The highest BCUT2D eigenvalue weighted by molar-refractivity contribution is 7.99. The smallest absolute Gasteiger partial charge is 0.209 e. The van der Waals surface area contributed by atoms with Crippen molar-refractivity contribution in [3.05, 3.63) is 33.9 Å². The quantitative estimate of drug-likeness (QED) is 0.799. The fourth-order valence-electron chi connectivity index (χ4n) is 4.03. The van der Waals surface area contributed by atoms with E-state index < -0.39 is 0 Å². The van der Waals surface area contributed by atoms with Crippen LogP contribution >= 0.6 is 11.8 Å². The van der Waals surface area contributed by atoms with E-state index in [-0.39, 0.29) is 11.3 Å². The van der Waals surface area contributed by atoms with Crippen molar-refractivity contribution in [2.45, 2.75) is 38.8 Å². The van der Waals surface area contributed by atoms with Crippen molar-refractivity contribution in [2.24, 2.45) is 18.4 Å². The van der Waals surface area contributed by atoms with E-state index in [9.17, 15) is 4.79 Å². The maximum Gasteiger partial charge on any atom is 0.209 e. The molecule has 23 heavy (non-hydrogen) atoms. The predicted molar refractivity (Wildman–Crippen MR) is 88.8 cm³/mol. The minimum Gasteiger partial charge on any atom is -0.294 e. The van der Waals surface area contributed by atoms with Crippen molar-refractivity contribution in [2.75, 3.05) is 5.75 Å². The van der Waals surface area contributed by atoms with Crippen LogP contribution in [0, 0.1) is 11.3 Å². The molecule has 3 aliphatic rings. The highest BCUT2D eigenvalue weighted by atomic mass is 32.2. The Labute approximate surface area is 139 Å². The summed E-state index contributed by atoms with van der Waals surface area (Å²) in [7, 11) is 1.84. The van der Waals surface area contributed by atoms with Crippen molar-refractivity contribution in [3.8, 4) is 0 Å². The molecule has 0 radical (unpaired) electrons. The second-order valence-electron chi connectivity index (χ2n) is 6.84. The van der Waals surface area contributed by atoms with Crippen molar-refractivity contribution in [1.29, 1.82) is 0 Å². The van der Waals surface area contributed by atoms with Crippen LogP contribution in [0.15, 0.2) is 39.1 Å². The van der Waals surface area contributed by atoms with Gasteiger partial charge >= 0.3 is 0 Å². The van der Waals surface area contributed by atoms with Gasteiger partial charge in [-0.15, -0.1) is 5.10 Å². The molecule has 1 spiro atoms. The van der Waals surface area contributed by atoms with Crippen LogP contribution in [0.1, 0.15) is 33.6 Å². The average molecular weight is 328 g/mol. The number of thioether (sulfide) groups is 1. The van der Waals surface area contributed by atoms with Crippen molar-refractivity contribution >= 4 is 17.5 Å². The van der Waals surface area contributed by atoms with E-state index in [0.29, 0.717) is 5.78 Å². The number of carbonyl (C=O) groups is 1. The summed E-state index contributed by atoms with van der Waals surface area (Å²) < 4.78 is 1.68. The zero-order valence-electron chi connectivity index (χ0n) is 13.9. The molecule has 0 bridgehead atoms. The first kappa shape index (κ1) is 14.9. The molecule has 0 saturated heterocycles. The summed E-state index contributed by atoms with van der Waals surface area (Å²) in [4.78, 5) is 12.8. The van der Waals surface area contributed by atoms with Crippen molar-refractivity contribution in [1.82, 2.24) is 20.2 Å². The van der Waals surface area contributed by atoms with Gasteiger partial charge in [0.2, 0.25) is 5.16 Å². The minimum atomic E-state index is 0.125. The van der Waals surface area contributed by atoms with Crippen LogP contribution in [0.3, 0.4) is 0 Å². The van der Waals surface area contributed by atoms with Crippen LogP contribution < -0.4 is 0 Å². The summed E-state index contributed by atoms with van der Waals surface area (Å²) in [5.41, 5.74) is 6.17. The second-order valence-corrected chi connectivity index (χ2v) is 7.78. The molecule has 0 aromatic carbocycles. The Morgan fingerprint density at radius 2 is 2.13 bits per heavy atom. The number of hydrogen-bond donors (Lipinski definition) is 0. The summed E-state index contributed by atoms with van der Waals surface area (Å²) in [6.45, 7) is 6.43. The number of Topliss-reactive ketones (excluding diaryl/α,β-unsaturated/α-hetero) is 1. The third-order valence-electron chi connectivity index (χ3n) is 5.73. The number of tetrazole rings is 1. The van der Waals surface area contributed by atoms with Gasteiger partial charge in [-0.3, -0.25) is 4.79 Å². The van der Waals surface area contributed by atoms with Gasteiger partial charge in [-0.2, -0.15) is 0 Å². The number of aromatic nitrogens is 4. The number of carbonyl (C=O) groups excluding carboxylic acids is 1. The standard InChI is InChI=1S/C17H20N4OS/c1-9-7-12-14(10(2)17(5-6-17)11(3)15(12)22)13(9)8-23-16-18-19-20-21(16)4/h7,11H,5-6,8H2,1-4H3/t11-/m1/s1. The molecule has 0 amide bonds. The molecule has 5 nitrogen and oxygen atoms in total. The van der Waals surface area contributed by atoms with E-state index in [4.69, 9.17) is 0 Å². The van der Waals surface area contributed by atoms with Crippen LogP contribution in [0.2, 0.25) is 0 Å². The van der Waals surface area contributed by atoms with Crippen LogP contribution in [0.5, 0.6) is 0 Å². The number of allylic oxidation sites excluding steroid dienone is 5. The van der Waals surface area contributed by atoms with E-state index in [0.717, 1.165) is 29.3 Å². The molecular weight excluding hydrogens is 308 g/mol. The molecule has 120 valence electrons. The minimum absolute atomic E-state index is 0.125. The lowest BCUT2D eigenvalue weighted by Gasteiger charge is -2.32. The molecule has 0 aliphatic heterocycles. The van der Waals surface area contributed by atoms with Gasteiger partial charge in [0.05, 0.1) is 0 Å². The van der Waals surface area contributed by atoms with Gasteiger partial charge in [0.15, 0.2) is 5.78 Å². The number of nitrogens with zero attached hydrogens (tertiary/aromatic N) is 4. The van der Waals surface area contributed by atoms with Gasteiger partial charge in [0.1, 0.15) is 0 Å². The van der Waals surface area contributed by atoms with Crippen LogP contribution in [0.4, 0.5) is 0 Å². The largest absolute Gasteiger partial charge is 0.294 e. The van der Waals surface area contributed by atoms with Gasteiger partial charge in [-0.25, -0.2) is 4.68 Å². The van der Waals surface area contributed by atoms with Crippen molar-refractivity contribution < 1.29 is 4.79 Å². The first-order valence-electron chi connectivity index (χ1n) is 7.98. The fourth-order valence-corrected chi connectivity index (χ4v) is 4.99. The summed E-state index contributed by atoms with van der Waals surface area (Å²) in [6.07, 6.45) is 4.38. The molecule has 1 atom stereocenters. The normalized spacial score (nSPS) is 25.3. The maximum atomic E-state index is 12.8. The zero-order chi connectivity index (χ0) is 16.4. The zero-order valence-corrected chi connectivity index (χ0v) is 14.7. The monoisotopic (exact) mass is 328 g/mol. The van der Waals surface area contributed by atoms with E-state index in [2.05, 4.69) is 42.4 Å². The van der Waals surface area contributed by atoms with E-state index in [1.54, 1.807) is 16.4 Å². The van der Waals surface area contributed by atoms with Gasteiger partial charge in [-0.1, -0.05) is 24.3 Å². The highest BCUT2D eigenvalue weighted by Crippen LogP contribution is 2.63. The Morgan fingerprint density at radius 3 is 2.74 bits per heavy atom. The molecule has 1 fully saturated rings. The summed E-state index contributed by atoms with van der Waals surface area (Å²) in [5, 5.41) is 12.4. The Hall–Kier alpha value is -1.69. The molecule has 0 N–H and O–H groups in total. The Balaban J connectivity index is 1.69. The van der Waals surface area contributed by atoms with Crippen molar-refractivity contribution in [3.63, 3.8) is 0 Å². The Kier molecular flexibility index (Phi) is 3.17. The molecule has 1 saturated carbocycles. The van der Waals surface area contributed by atoms with Gasteiger partial charge in [0.25, 0.3) is 0 Å². The molecule has 4 rings (SSSR count). The van der Waals surface area contributed by atoms with E-state index in [1.807, 2.05) is 7.05 Å². The van der Waals surface area contributed by atoms with Crippen LogP contribution in [0.25, 0.3) is 0 Å². The lowest BCUT2D eigenvalue weighted by atomic mass is 9.70. The average Bonchev–Trinajstić information content (AvgIpc) is 3.13. The Bertz CT molecular complexity index is 810. The van der Waals surface area contributed by atoms with E-state index in [1.165, 1.54) is 22.3 Å². The second kappa shape index (κ2) is 4.90. The molecule has 6 heteroatoms. The van der Waals surface area contributed by atoms with Crippen LogP contribution in [-0.2, 0) is 11.8 Å². The maximum absolute atomic E-state index is 12.8. The van der Waals surface area contributed by atoms with Gasteiger partial charge in [-0.05, 0) is 59.9 Å². The predicted octanol–water partition coefficient (Wildman–Crippen LogP) is 2.87. The lowest BCUT2D eigenvalue weighted by molar-refractivity contribution is -0.120. The fraction of sp³-hybridized carbons (Fsp3) is 0.529. The first-order chi connectivity index (χ1) is 11.0. The number of fused-ring (bicyclic) bond motifs is 1. The summed E-state index contributed by atoms with van der Waals surface area (Å²) in [5.74, 6) is 1.24. The molecule has 1 aromatic heterocycles. The summed E-state index contributed by atoms with van der Waals surface area (Å²) in [6, 6.07) is 0. The molecular formula is C17H20N4OS. The highest BCUT2D eigenvalue weighted by Gasteiger charge is 2.56. The third kappa shape index (κ3) is 2.00. The summed E-state index contributed by atoms with van der Waals surface area (Å²) >= 11 is 1.63. The molecule has 1 heterocycles. The van der Waals surface area contributed by atoms with E-state index >= 15 is 0 Å². The van der Waals surface area contributed by atoms with Gasteiger partial charge in [0, 0.05) is 29.7 Å². The number of hydrogen-bond acceptors (Lipinski definition) is 5. The molecule has 3 aliphatic carbocycles. The number of ketones is 1. The SMILES string of the molecule is CC1=C(CSc2nnnn2C)C2=C(C)C3(CC3)[C@H](C)C(=O)C2=C1. The van der Waals surface area contributed by atoms with Crippen LogP contribution in [-0.4, -0.2) is 31.7 Å². The molecule has 0 unspecified atom stereocenters. The third-order valence-corrected chi connectivity index (χ3v) is 6.77. The Morgan fingerprint density at radius 1 is 1.39 bits per heavy atom. The topological polar surface area (TPSA) is 60.7 Å². The van der Waals surface area contributed by atoms with Gasteiger partial charge < -0.3 is 0 Å². The number of aryl methyl sites for hydroxylation is 1. The number of rotatable bonds is 3. The molecule has 1 aromatic rings. The first-order valence-corrected chi connectivity index (χ1v) is 8.97. The lowest BCUT2D eigenvalue weighted by Crippen LogP contribution is -2.31.